The fourth-order valence-corrected chi connectivity index (χ4v) is 1.49. The van der Waals surface area contributed by atoms with Crippen molar-refractivity contribution in [1.29, 1.82) is 0 Å². The van der Waals surface area contributed by atoms with Crippen LogP contribution in [0.15, 0.2) is 17.2 Å². The molecule has 1 atom stereocenters. The van der Waals surface area contributed by atoms with Crippen LogP contribution in [-0.2, 0) is 0 Å². The molecule has 0 fully saturated rings. The Hall–Kier alpha value is -1.18. The number of aliphatic hydroxyl groups excluding tert-OH is 2. The normalized spacial score (nSPS) is 12.4. The van der Waals surface area contributed by atoms with E-state index in [0.717, 1.165) is 0 Å². The lowest BCUT2D eigenvalue weighted by molar-refractivity contribution is 0.0994. The first-order valence-corrected chi connectivity index (χ1v) is 5.17. The van der Waals surface area contributed by atoms with Crippen LogP contribution in [0.5, 0.6) is 0 Å². The highest BCUT2D eigenvalue weighted by molar-refractivity contribution is 7.99. The van der Waals surface area contributed by atoms with E-state index in [2.05, 4.69) is 10.2 Å². The highest BCUT2D eigenvalue weighted by Gasteiger charge is 2.06. The molecule has 0 spiro atoms. The zero-order valence-electron chi connectivity index (χ0n) is 7.83. The molecule has 0 aliphatic rings. The molecule has 1 aromatic heterocycles. The third-order valence-electron chi connectivity index (χ3n) is 1.53. The molecule has 4 N–H and O–H groups in total. The van der Waals surface area contributed by atoms with Crippen molar-refractivity contribution in [1.82, 2.24) is 10.2 Å². The topological polar surface area (TPSA) is 109 Å². The summed E-state index contributed by atoms with van der Waals surface area (Å²) in [7, 11) is 0. The second kappa shape index (κ2) is 5.64. The molecule has 1 amide bonds. The molecule has 1 heterocycles. The molecule has 0 aromatic carbocycles. The molecular weight excluding hydrogens is 218 g/mol. The van der Waals surface area contributed by atoms with Crippen LogP contribution < -0.4 is 5.73 Å². The Morgan fingerprint density at radius 1 is 1.53 bits per heavy atom. The van der Waals surface area contributed by atoms with Gasteiger partial charge in [0.2, 0.25) is 0 Å². The van der Waals surface area contributed by atoms with Crippen LogP contribution in [0.3, 0.4) is 0 Å². The summed E-state index contributed by atoms with van der Waals surface area (Å²) in [5.41, 5.74) is 5.09. The van der Waals surface area contributed by atoms with Gasteiger partial charge in [-0.05, 0) is 12.1 Å². The molecule has 0 saturated carbocycles. The number of rotatable bonds is 5. The molecule has 0 bridgehead atoms. The third-order valence-corrected chi connectivity index (χ3v) is 2.59. The SMILES string of the molecule is NC(=O)c1ccc(SCC(O)CO)nn1. The maximum atomic E-state index is 10.7. The van der Waals surface area contributed by atoms with Gasteiger partial charge in [-0.15, -0.1) is 22.0 Å². The zero-order chi connectivity index (χ0) is 11.3. The van der Waals surface area contributed by atoms with Crippen LogP contribution in [0, 0.1) is 0 Å². The van der Waals surface area contributed by atoms with Gasteiger partial charge in [-0.2, -0.15) is 0 Å². The summed E-state index contributed by atoms with van der Waals surface area (Å²) in [6.07, 6.45) is -0.785. The number of nitrogens with two attached hydrogens (primary N) is 1. The molecule has 1 unspecified atom stereocenters. The number of primary amides is 1. The lowest BCUT2D eigenvalue weighted by atomic mass is 10.4. The summed E-state index contributed by atoms with van der Waals surface area (Å²) >= 11 is 1.24. The predicted molar refractivity (Wildman–Crippen MR) is 54.4 cm³/mol. The second-order valence-corrected chi connectivity index (χ2v) is 3.81. The Bertz CT molecular complexity index is 330. The van der Waals surface area contributed by atoms with Gasteiger partial charge in [0, 0.05) is 5.75 Å². The first-order chi connectivity index (χ1) is 7.13. The van der Waals surface area contributed by atoms with Gasteiger partial charge in [0.1, 0.15) is 5.03 Å². The van der Waals surface area contributed by atoms with Gasteiger partial charge < -0.3 is 15.9 Å². The van der Waals surface area contributed by atoms with Crippen LogP contribution in [0.25, 0.3) is 0 Å². The van der Waals surface area contributed by atoms with E-state index < -0.39 is 12.0 Å². The quantitative estimate of drug-likeness (QED) is 0.560. The molecule has 82 valence electrons. The molecule has 15 heavy (non-hydrogen) atoms. The average molecular weight is 229 g/mol. The molecule has 0 aliphatic carbocycles. The summed E-state index contributed by atoms with van der Waals surface area (Å²) in [5.74, 6) is -0.310. The third kappa shape index (κ3) is 3.82. The average Bonchev–Trinajstić information content (AvgIpc) is 2.26. The number of carbonyl (C=O) groups excluding carboxylic acids is 1. The number of carbonyl (C=O) groups is 1. The smallest absolute Gasteiger partial charge is 0.269 e. The lowest BCUT2D eigenvalue weighted by Gasteiger charge is -2.04. The van der Waals surface area contributed by atoms with E-state index in [-0.39, 0.29) is 12.3 Å². The number of nitrogens with zero attached hydrogens (tertiary/aromatic N) is 2. The number of hydrogen-bond acceptors (Lipinski definition) is 6. The van der Waals surface area contributed by atoms with Gasteiger partial charge in [0.25, 0.3) is 5.91 Å². The highest BCUT2D eigenvalue weighted by atomic mass is 32.2. The molecule has 7 heteroatoms. The van der Waals surface area contributed by atoms with Gasteiger partial charge in [-0.1, -0.05) is 0 Å². The van der Waals surface area contributed by atoms with Crippen LogP contribution in [0.4, 0.5) is 0 Å². The summed E-state index contributed by atoms with van der Waals surface area (Å²) in [6, 6.07) is 3.05. The Balaban J connectivity index is 2.53. The van der Waals surface area contributed by atoms with E-state index >= 15 is 0 Å². The Morgan fingerprint density at radius 3 is 2.73 bits per heavy atom. The number of aliphatic hydroxyl groups is 2. The second-order valence-electron chi connectivity index (χ2n) is 2.77. The van der Waals surface area contributed by atoms with Crippen LogP contribution in [-0.4, -0.2) is 44.8 Å². The maximum Gasteiger partial charge on any atom is 0.269 e. The number of amides is 1. The van der Waals surface area contributed by atoms with E-state index in [1.807, 2.05) is 0 Å². The van der Waals surface area contributed by atoms with E-state index in [1.165, 1.54) is 17.8 Å². The Kier molecular flexibility index (Phi) is 4.47. The molecular formula is C8H11N3O3S. The zero-order valence-corrected chi connectivity index (χ0v) is 8.65. The van der Waals surface area contributed by atoms with Crippen molar-refractivity contribution in [2.45, 2.75) is 11.1 Å². The van der Waals surface area contributed by atoms with Gasteiger partial charge in [0.15, 0.2) is 5.69 Å². The summed E-state index contributed by atoms with van der Waals surface area (Å²) < 4.78 is 0. The molecule has 0 aliphatic heterocycles. The van der Waals surface area contributed by atoms with Crippen molar-refractivity contribution >= 4 is 17.7 Å². The first-order valence-electron chi connectivity index (χ1n) is 4.18. The summed E-state index contributed by atoms with van der Waals surface area (Å²) in [5, 5.41) is 25.5. The van der Waals surface area contributed by atoms with Gasteiger partial charge in [0.05, 0.1) is 12.7 Å². The number of hydrogen-bond donors (Lipinski definition) is 3. The largest absolute Gasteiger partial charge is 0.394 e. The predicted octanol–water partition coefficient (Wildman–Crippen LogP) is -0.979. The fourth-order valence-electron chi connectivity index (χ4n) is 0.763. The fraction of sp³-hybridized carbons (Fsp3) is 0.375. The Labute approximate surface area is 90.5 Å². The molecule has 1 rings (SSSR count). The minimum atomic E-state index is -0.785. The lowest BCUT2D eigenvalue weighted by Crippen LogP contribution is -2.15. The minimum Gasteiger partial charge on any atom is -0.394 e. The minimum absolute atomic E-state index is 0.0991. The van der Waals surface area contributed by atoms with E-state index in [1.54, 1.807) is 6.07 Å². The number of thioether (sulfide) groups is 1. The van der Waals surface area contributed by atoms with E-state index in [4.69, 9.17) is 15.9 Å². The molecule has 0 radical (unpaired) electrons. The summed E-state index contributed by atoms with van der Waals surface area (Å²) in [6.45, 7) is -0.292. The summed E-state index contributed by atoms with van der Waals surface area (Å²) in [4.78, 5) is 10.7. The van der Waals surface area contributed by atoms with Crippen molar-refractivity contribution in [2.24, 2.45) is 5.73 Å². The maximum absolute atomic E-state index is 10.7. The molecule has 0 saturated heterocycles. The van der Waals surface area contributed by atoms with Crippen molar-refractivity contribution in [3.05, 3.63) is 17.8 Å². The first kappa shape index (κ1) is 11.9. The van der Waals surface area contributed by atoms with Gasteiger partial charge >= 0.3 is 0 Å². The van der Waals surface area contributed by atoms with Crippen molar-refractivity contribution in [3.8, 4) is 0 Å². The Morgan fingerprint density at radius 2 is 2.27 bits per heavy atom. The van der Waals surface area contributed by atoms with Crippen molar-refractivity contribution in [2.75, 3.05) is 12.4 Å². The van der Waals surface area contributed by atoms with Gasteiger partial charge in [-0.3, -0.25) is 4.79 Å². The van der Waals surface area contributed by atoms with E-state index in [0.29, 0.717) is 10.8 Å². The molecule has 6 nitrogen and oxygen atoms in total. The van der Waals surface area contributed by atoms with E-state index in [9.17, 15) is 4.79 Å². The van der Waals surface area contributed by atoms with Crippen molar-refractivity contribution in [3.63, 3.8) is 0 Å². The molecule has 1 aromatic rings. The monoisotopic (exact) mass is 229 g/mol. The van der Waals surface area contributed by atoms with Crippen LogP contribution >= 0.6 is 11.8 Å². The highest BCUT2D eigenvalue weighted by Crippen LogP contribution is 2.14. The van der Waals surface area contributed by atoms with Gasteiger partial charge in [-0.25, -0.2) is 0 Å². The van der Waals surface area contributed by atoms with Crippen LogP contribution in [0.2, 0.25) is 0 Å². The van der Waals surface area contributed by atoms with Crippen LogP contribution in [0.1, 0.15) is 10.5 Å². The number of aromatic nitrogens is 2. The standard InChI is InChI=1S/C8H11N3O3S/c9-8(14)6-1-2-7(11-10-6)15-4-5(13)3-12/h1-2,5,12-13H,3-4H2,(H2,9,14). The van der Waals surface area contributed by atoms with Crippen molar-refractivity contribution < 1.29 is 15.0 Å².